The van der Waals surface area contributed by atoms with Crippen LogP contribution in [0.25, 0.3) is 0 Å². The summed E-state index contributed by atoms with van der Waals surface area (Å²) in [6.45, 7) is -0.0325. The molecule has 2 amide bonds. The quantitative estimate of drug-likeness (QED) is 0.717. The number of rotatable bonds is 7. The number of likely N-dealkylation sites (N-methyl/N-ethyl adjacent to an activating group) is 1. The topological polar surface area (TPSA) is 75.7 Å². The Balaban J connectivity index is 1.19. The second kappa shape index (κ2) is 8.17. The minimum atomic E-state index is -0.467. The van der Waals surface area contributed by atoms with Gasteiger partial charge in [-0.15, -0.1) is 0 Å². The van der Waals surface area contributed by atoms with Crippen LogP contribution in [0.1, 0.15) is 44.9 Å². The lowest BCUT2D eigenvalue weighted by Crippen LogP contribution is -2.53. The molecule has 0 heterocycles. The van der Waals surface area contributed by atoms with Gasteiger partial charge in [0.15, 0.2) is 6.61 Å². The van der Waals surface area contributed by atoms with Crippen LogP contribution in [0.4, 0.5) is 5.69 Å². The molecule has 6 nitrogen and oxygen atoms in total. The second-order valence-electron chi connectivity index (χ2n) is 9.15. The lowest BCUT2D eigenvalue weighted by molar-refractivity contribution is -0.149. The first-order valence-electron chi connectivity index (χ1n) is 10.7. The molecule has 1 N–H and O–H groups in total. The van der Waals surface area contributed by atoms with Gasteiger partial charge in [0.05, 0.1) is 6.42 Å². The summed E-state index contributed by atoms with van der Waals surface area (Å²) in [6, 6.07) is 9.20. The molecule has 4 aliphatic rings. The molecule has 1 aromatic carbocycles. The standard InChI is InChI=1S/C23H30N2O4/c1-25(19-5-3-2-4-6-19)20(26)15-29-21(27)7-8-24-22(28)23-12-16-9-17(13-23)11-18(10-16)14-23/h2-6,16-18H,7-15H2,1H3,(H,24,28). The molecular weight excluding hydrogens is 368 g/mol. The first-order valence-corrected chi connectivity index (χ1v) is 10.7. The van der Waals surface area contributed by atoms with Crippen molar-refractivity contribution < 1.29 is 19.1 Å². The van der Waals surface area contributed by atoms with Crippen LogP contribution in [0.5, 0.6) is 0 Å². The molecule has 4 bridgehead atoms. The maximum absolute atomic E-state index is 12.9. The highest BCUT2D eigenvalue weighted by atomic mass is 16.5. The number of carbonyl (C=O) groups excluding carboxylic acids is 3. The Morgan fingerprint density at radius 2 is 1.62 bits per heavy atom. The number of ether oxygens (including phenoxy) is 1. The van der Waals surface area contributed by atoms with Gasteiger partial charge in [0.1, 0.15) is 0 Å². The van der Waals surface area contributed by atoms with Crippen molar-refractivity contribution in [3.63, 3.8) is 0 Å². The fraction of sp³-hybridized carbons (Fsp3) is 0.609. The van der Waals surface area contributed by atoms with E-state index >= 15 is 0 Å². The molecule has 0 aromatic heterocycles. The summed E-state index contributed by atoms with van der Waals surface area (Å²) in [5, 5.41) is 2.97. The van der Waals surface area contributed by atoms with Gasteiger partial charge in [0.2, 0.25) is 5.91 Å². The summed E-state index contributed by atoms with van der Waals surface area (Å²) < 4.78 is 5.10. The van der Waals surface area contributed by atoms with Crippen molar-refractivity contribution in [3.8, 4) is 0 Å². The average Bonchev–Trinajstić information content (AvgIpc) is 2.71. The smallest absolute Gasteiger partial charge is 0.308 e. The van der Waals surface area contributed by atoms with E-state index in [1.165, 1.54) is 24.2 Å². The van der Waals surface area contributed by atoms with E-state index in [2.05, 4.69) is 5.32 Å². The first-order chi connectivity index (χ1) is 13.9. The number of carbonyl (C=O) groups is 3. The van der Waals surface area contributed by atoms with Gasteiger partial charge in [0, 0.05) is 24.7 Å². The van der Waals surface area contributed by atoms with E-state index in [4.69, 9.17) is 4.74 Å². The van der Waals surface area contributed by atoms with Crippen molar-refractivity contribution in [2.45, 2.75) is 44.9 Å². The molecule has 156 valence electrons. The fourth-order valence-corrected chi connectivity index (χ4v) is 5.96. The van der Waals surface area contributed by atoms with Crippen molar-refractivity contribution in [1.82, 2.24) is 5.32 Å². The van der Waals surface area contributed by atoms with Crippen LogP contribution in [0.3, 0.4) is 0 Å². The largest absolute Gasteiger partial charge is 0.455 e. The Morgan fingerprint density at radius 3 is 2.21 bits per heavy atom. The lowest BCUT2D eigenvalue weighted by Gasteiger charge is -2.55. The summed E-state index contributed by atoms with van der Waals surface area (Å²) in [4.78, 5) is 38.5. The Hall–Kier alpha value is -2.37. The minimum Gasteiger partial charge on any atom is -0.455 e. The monoisotopic (exact) mass is 398 g/mol. The van der Waals surface area contributed by atoms with E-state index in [9.17, 15) is 14.4 Å². The van der Waals surface area contributed by atoms with Gasteiger partial charge in [-0.1, -0.05) is 18.2 Å². The molecular formula is C23H30N2O4. The summed E-state index contributed by atoms with van der Waals surface area (Å²) >= 11 is 0. The number of benzene rings is 1. The average molecular weight is 399 g/mol. The molecule has 6 heteroatoms. The molecule has 0 aliphatic heterocycles. The van der Waals surface area contributed by atoms with E-state index < -0.39 is 5.97 Å². The van der Waals surface area contributed by atoms with Crippen LogP contribution in [-0.2, 0) is 19.1 Å². The molecule has 0 spiro atoms. The minimum absolute atomic E-state index is 0.0838. The van der Waals surface area contributed by atoms with Crippen LogP contribution in [-0.4, -0.2) is 38.0 Å². The molecule has 5 rings (SSSR count). The number of hydrogen-bond donors (Lipinski definition) is 1. The van der Waals surface area contributed by atoms with Crippen LogP contribution < -0.4 is 10.2 Å². The lowest BCUT2D eigenvalue weighted by atomic mass is 9.49. The molecule has 4 aliphatic carbocycles. The molecule has 0 saturated heterocycles. The normalized spacial score (nSPS) is 29.3. The van der Waals surface area contributed by atoms with E-state index in [0.717, 1.165) is 24.9 Å². The van der Waals surface area contributed by atoms with E-state index in [-0.39, 0.29) is 36.8 Å². The predicted molar refractivity (Wildman–Crippen MR) is 109 cm³/mol. The van der Waals surface area contributed by atoms with Crippen LogP contribution in [0, 0.1) is 23.2 Å². The zero-order chi connectivity index (χ0) is 20.4. The van der Waals surface area contributed by atoms with Gasteiger partial charge in [-0.05, 0) is 68.4 Å². The number of nitrogens with one attached hydrogen (secondary N) is 1. The highest BCUT2D eigenvalue weighted by Crippen LogP contribution is 2.60. The fourth-order valence-electron chi connectivity index (χ4n) is 5.96. The third kappa shape index (κ3) is 4.31. The highest BCUT2D eigenvalue weighted by Gasteiger charge is 2.54. The number of amides is 2. The van der Waals surface area contributed by atoms with Crippen molar-refractivity contribution in [3.05, 3.63) is 30.3 Å². The Labute approximate surface area is 172 Å². The molecule has 0 atom stereocenters. The van der Waals surface area contributed by atoms with Crippen LogP contribution in [0.2, 0.25) is 0 Å². The maximum Gasteiger partial charge on any atom is 0.308 e. The van der Waals surface area contributed by atoms with Gasteiger partial charge in [0.25, 0.3) is 5.91 Å². The third-order valence-corrected chi connectivity index (χ3v) is 7.01. The van der Waals surface area contributed by atoms with E-state index in [1.807, 2.05) is 30.3 Å². The second-order valence-corrected chi connectivity index (χ2v) is 9.15. The number of hydrogen-bond acceptors (Lipinski definition) is 4. The maximum atomic E-state index is 12.9. The van der Waals surface area contributed by atoms with E-state index in [1.54, 1.807) is 7.05 Å². The van der Waals surface area contributed by atoms with Crippen molar-refractivity contribution >= 4 is 23.5 Å². The zero-order valence-corrected chi connectivity index (χ0v) is 17.1. The van der Waals surface area contributed by atoms with Gasteiger partial charge >= 0.3 is 5.97 Å². The van der Waals surface area contributed by atoms with Gasteiger partial charge in [-0.3, -0.25) is 14.4 Å². The molecule has 0 radical (unpaired) electrons. The number of anilines is 1. The number of esters is 1. The van der Waals surface area contributed by atoms with Gasteiger partial charge in [-0.2, -0.15) is 0 Å². The van der Waals surface area contributed by atoms with Crippen LogP contribution >= 0.6 is 0 Å². The van der Waals surface area contributed by atoms with Crippen molar-refractivity contribution in [2.75, 3.05) is 25.1 Å². The Morgan fingerprint density at radius 1 is 1.03 bits per heavy atom. The Kier molecular flexibility index (Phi) is 5.61. The SMILES string of the molecule is CN(C(=O)COC(=O)CCNC(=O)C12CC3CC(CC(C3)C1)C2)c1ccccc1. The molecule has 4 saturated carbocycles. The van der Waals surface area contributed by atoms with Crippen molar-refractivity contribution in [1.29, 1.82) is 0 Å². The zero-order valence-electron chi connectivity index (χ0n) is 17.1. The molecule has 1 aromatic rings. The van der Waals surface area contributed by atoms with Crippen LogP contribution in [0.15, 0.2) is 30.3 Å². The summed E-state index contributed by atoms with van der Waals surface area (Å²) in [5.74, 6) is 1.50. The number of nitrogens with zero attached hydrogens (tertiary/aromatic N) is 1. The predicted octanol–water partition coefficient (Wildman–Crippen LogP) is 2.92. The van der Waals surface area contributed by atoms with Gasteiger partial charge < -0.3 is 15.0 Å². The number of para-hydroxylation sites is 1. The van der Waals surface area contributed by atoms with Gasteiger partial charge in [-0.25, -0.2) is 0 Å². The van der Waals surface area contributed by atoms with E-state index in [0.29, 0.717) is 17.8 Å². The first kappa shape index (κ1) is 19.9. The molecule has 0 unspecified atom stereocenters. The summed E-state index contributed by atoms with van der Waals surface area (Å²) in [5.41, 5.74) is 0.545. The van der Waals surface area contributed by atoms with Crippen molar-refractivity contribution in [2.24, 2.45) is 23.2 Å². The third-order valence-electron chi connectivity index (χ3n) is 7.01. The Bertz CT molecular complexity index is 741. The summed E-state index contributed by atoms with van der Waals surface area (Å²) in [6.07, 6.45) is 7.00. The molecule has 29 heavy (non-hydrogen) atoms. The molecule has 4 fully saturated rings. The summed E-state index contributed by atoms with van der Waals surface area (Å²) in [7, 11) is 1.65. The highest BCUT2D eigenvalue weighted by molar-refractivity contribution is 5.94.